The maximum Gasteiger partial charge on any atom is 0.222 e. The summed E-state index contributed by atoms with van der Waals surface area (Å²) in [7, 11) is 2.26. The molecule has 2 saturated heterocycles. The van der Waals surface area contributed by atoms with Gasteiger partial charge in [-0.2, -0.15) is 5.10 Å². The number of piperidine rings is 1. The van der Waals surface area contributed by atoms with Crippen molar-refractivity contribution < 1.29 is 4.74 Å². The molecule has 2 unspecified atom stereocenters. The molecule has 3 fully saturated rings. The molecule has 160 valence electrons. The van der Waals surface area contributed by atoms with E-state index in [0.717, 1.165) is 41.2 Å². The Balaban J connectivity index is 1.20. The smallest absolute Gasteiger partial charge is 0.222 e. The maximum absolute atomic E-state index is 6.08. The predicted octanol–water partition coefficient (Wildman–Crippen LogP) is 3.51. The van der Waals surface area contributed by atoms with Crippen molar-refractivity contribution in [2.75, 3.05) is 12.4 Å². The second kappa shape index (κ2) is 7.60. The molecule has 0 amide bonds. The maximum atomic E-state index is 6.08. The van der Waals surface area contributed by atoms with Crippen LogP contribution in [0.4, 0.5) is 5.82 Å². The Bertz CT molecular complexity index is 1030. The first-order valence-electron chi connectivity index (χ1n) is 11.2. The van der Waals surface area contributed by atoms with Crippen molar-refractivity contribution >= 4 is 5.82 Å². The largest absolute Gasteiger partial charge is 0.474 e. The lowest BCUT2D eigenvalue weighted by Crippen LogP contribution is -2.44. The number of fused-ring (bicyclic) bond motifs is 2. The van der Waals surface area contributed by atoms with Gasteiger partial charge in [-0.05, 0) is 69.8 Å². The zero-order valence-corrected chi connectivity index (χ0v) is 17.7. The summed E-state index contributed by atoms with van der Waals surface area (Å²) < 4.78 is 6.08. The molecule has 8 nitrogen and oxygen atoms in total. The molecule has 3 aromatic heterocycles. The van der Waals surface area contributed by atoms with Gasteiger partial charge in [-0.1, -0.05) is 0 Å². The molecule has 2 N–H and O–H groups in total. The second-order valence-corrected chi connectivity index (χ2v) is 9.02. The highest BCUT2D eigenvalue weighted by Gasteiger charge is 2.38. The van der Waals surface area contributed by atoms with Gasteiger partial charge in [0.15, 0.2) is 0 Å². The molecule has 1 saturated carbocycles. The highest BCUT2D eigenvalue weighted by molar-refractivity contribution is 5.70. The van der Waals surface area contributed by atoms with Gasteiger partial charge < -0.3 is 15.0 Å². The number of aromatic nitrogens is 5. The minimum atomic E-state index is 0.260. The topological polar surface area (TPSA) is 91.9 Å². The standard InChI is InChI=1S/C23H27N7O/c1-30-16-2-3-17(30)11-15(10-16)26-22-9-8-21(28-29-22)20-7-6-19(14-12-24-25-13-14)23(27-20)31-18-4-5-18/h6-9,12-13,15-18H,2-5,10-11H2,1H3,(H,24,25)(H,26,29). The quantitative estimate of drug-likeness (QED) is 0.634. The molecule has 5 heterocycles. The summed E-state index contributed by atoms with van der Waals surface area (Å²) in [4.78, 5) is 7.32. The second-order valence-electron chi connectivity index (χ2n) is 9.02. The van der Waals surface area contributed by atoms with Crippen LogP contribution in [0.3, 0.4) is 0 Å². The van der Waals surface area contributed by atoms with Crippen LogP contribution >= 0.6 is 0 Å². The van der Waals surface area contributed by atoms with Gasteiger partial charge in [0.1, 0.15) is 17.6 Å². The first-order chi connectivity index (χ1) is 15.2. The van der Waals surface area contributed by atoms with E-state index in [2.05, 4.69) is 37.7 Å². The fourth-order valence-corrected chi connectivity index (χ4v) is 4.92. The molecule has 31 heavy (non-hydrogen) atoms. The van der Waals surface area contributed by atoms with Gasteiger partial charge in [0.2, 0.25) is 5.88 Å². The average Bonchev–Trinajstić information content (AvgIpc) is 3.39. The van der Waals surface area contributed by atoms with Gasteiger partial charge in [-0.15, -0.1) is 10.2 Å². The number of hydrogen-bond acceptors (Lipinski definition) is 7. The summed E-state index contributed by atoms with van der Waals surface area (Å²) in [6.45, 7) is 0. The van der Waals surface area contributed by atoms with Crippen molar-refractivity contribution in [3.63, 3.8) is 0 Å². The highest BCUT2D eigenvalue weighted by atomic mass is 16.5. The summed E-state index contributed by atoms with van der Waals surface area (Å²) in [6, 6.07) is 9.85. The number of pyridine rings is 1. The van der Waals surface area contributed by atoms with Crippen LogP contribution in [0.1, 0.15) is 38.5 Å². The molecule has 3 aromatic rings. The Hall–Kier alpha value is -3.00. The van der Waals surface area contributed by atoms with Crippen molar-refractivity contribution in [1.29, 1.82) is 0 Å². The summed E-state index contributed by atoms with van der Waals surface area (Å²) in [6.07, 6.45) is 11.0. The third kappa shape index (κ3) is 3.76. The van der Waals surface area contributed by atoms with E-state index in [1.807, 2.05) is 30.5 Å². The zero-order chi connectivity index (χ0) is 20.8. The lowest BCUT2D eigenvalue weighted by molar-refractivity contribution is 0.168. The van der Waals surface area contributed by atoms with E-state index < -0.39 is 0 Å². The van der Waals surface area contributed by atoms with Crippen molar-refractivity contribution in [1.82, 2.24) is 30.3 Å². The van der Waals surface area contributed by atoms with E-state index >= 15 is 0 Å². The summed E-state index contributed by atoms with van der Waals surface area (Å²) in [5.41, 5.74) is 3.41. The van der Waals surface area contributed by atoms with Crippen LogP contribution in [-0.4, -0.2) is 61.6 Å². The van der Waals surface area contributed by atoms with Gasteiger partial charge in [0.25, 0.3) is 0 Å². The summed E-state index contributed by atoms with van der Waals surface area (Å²) >= 11 is 0. The number of rotatable bonds is 6. The molecule has 0 aromatic carbocycles. The lowest BCUT2D eigenvalue weighted by Gasteiger charge is -2.36. The van der Waals surface area contributed by atoms with Crippen LogP contribution in [0.25, 0.3) is 22.5 Å². The van der Waals surface area contributed by atoms with Crippen LogP contribution in [0.5, 0.6) is 5.88 Å². The monoisotopic (exact) mass is 417 g/mol. The van der Waals surface area contributed by atoms with Gasteiger partial charge >= 0.3 is 0 Å². The van der Waals surface area contributed by atoms with Crippen molar-refractivity contribution in [3.8, 4) is 28.4 Å². The Labute approximate surface area is 181 Å². The minimum absolute atomic E-state index is 0.260. The molecular weight excluding hydrogens is 390 g/mol. The van der Waals surface area contributed by atoms with E-state index in [-0.39, 0.29) is 6.10 Å². The number of aromatic amines is 1. The van der Waals surface area contributed by atoms with Crippen LogP contribution < -0.4 is 10.1 Å². The normalized spacial score (nSPS) is 25.5. The molecule has 6 rings (SSSR count). The van der Waals surface area contributed by atoms with Crippen molar-refractivity contribution in [3.05, 3.63) is 36.7 Å². The third-order valence-corrected chi connectivity index (χ3v) is 6.85. The molecule has 8 heteroatoms. The van der Waals surface area contributed by atoms with E-state index in [0.29, 0.717) is 24.0 Å². The number of nitrogens with one attached hydrogen (secondary N) is 2. The molecule has 1 aliphatic carbocycles. The molecule has 0 radical (unpaired) electrons. The Morgan fingerprint density at radius 3 is 2.48 bits per heavy atom. The number of hydrogen-bond donors (Lipinski definition) is 2. The Morgan fingerprint density at radius 1 is 1.00 bits per heavy atom. The molecule has 3 aliphatic rings. The van der Waals surface area contributed by atoms with E-state index in [1.165, 1.54) is 25.7 Å². The predicted molar refractivity (Wildman–Crippen MR) is 118 cm³/mol. The summed E-state index contributed by atoms with van der Waals surface area (Å²) in [5.74, 6) is 1.47. The number of H-pyrrole nitrogens is 1. The van der Waals surface area contributed by atoms with E-state index in [9.17, 15) is 0 Å². The van der Waals surface area contributed by atoms with E-state index in [1.54, 1.807) is 6.20 Å². The molecule has 0 spiro atoms. The Morgan fingerprint density at radius 2 is 1.81 bits per heavy atom. The van der Waals surface area contributed by atoms with Gasteiger partial charge in [-0.3, -0.25) is 5.10 Å². The average molecular weight is 418 g/mol. The number of ether oxygens (including phenoxy) is 1. The van der Waals surface area contributed by atoms with Gasteiger partial charge in [0.05, 0.1) is 11.9 Å². The number of anilines is 1. The zero-order valence-electron chi connectivity index (χ0n) is 17.7. The first kappa shape index (κ1) is 18.7. The highest BCUT2D eigenvalue weighted by Crippen LogP contribution is 2.36. The van der Waals surface area contributed by atoms with Crippen LogP contribution in [0.15, 0.2) is 36.7 Å². The minimum Gasteiger partial charge on any atom is -0.474 e. The van der Waals surface area contributed by atoms with Crippen LogP contribution in [0.2, 0.25) is 0 Å². The molecule has 2 aliphatic heterocycles. The van der Waals surface area contributed by atoms with Crippen LogP contribution in [0, 0.1) is 0 Å². The molecule has 2 bridgehead atoms. The van der Waals surface area contributed by atoms with Crippen LogP contribution in [-0.2, 0) is 0 Å². The fourth-order valence-electron chi connectivity index (χ4n) is 4.92. The van der Waals surface area contributed by atoms with E-state index in [4.69, 9.17) is 9.72 Å². The van der Waals surface area contributed by atoms with Crippen molar-refractivity contribution in [2.24, 2.45) is 0 Å². The molecular formula is C23H27N7O. The Kier molecular flexibility index (Phi) is 4.60. The SMILES string of the molecule is CN1C2CCC1CC(Nc1ccc(-c3ccc(-c4cn[nH]c4)c(OC4CC4)n3)nn1)C2. The summed E-state index contributed by atoms with van der Waals surface area (Å²) in [5, 5.41) is 19.4. The first-order valence-corrected chi connectivity index (χ1v) is 11.2. The van der Waals surface area contributed by atoms with Gasteiger partial charge in [0, 0.05) is 35.4 Å². The van der Waals surface area contributed by atoms with Crippen molar-refractivity contribution in [2.45, 2.75) is 62.8 Å². The molecule has 2 atom stereocenters. The number of nitrogens with zero attached hydrogens (tertiary/aromatic N) is 5. The fraction of sp³-hybridized carbons (Fsp3) is 0.478. The third-order valence-electron chi connectivity index (χ3n) is 6.85. The van der Waals surface area contributed by atoms with Gasteiger partial charge in [-0.25, -0.2) is 4.98 Å². The lowest BCUT2D eigenvalue weighted by atomic mass is 9.98.